The summed E-state index contributed by atoms with van der Waals surface area (Å²) in [5.41, 5.74) is 5.56. The molecule has 0 heterocycles. The number of allylic oxidation sites excluding steroid dienone is 5. The van der Waals surface area contributed by atoms with Gasteiger partial charge < -0.3 is 5.32 Å². The lowest BCUT2D eigenvalue weighted by Gasteiger charge is -2.19. The van der Waals surface area contributed by atoms with Gasteiger partial charge in [-0.3, -0.25) is 4.79 Å². The number of ketones is 1. The highest BCUT2D eigenvalue weighted by Crippen LogP contribution is 2.25. The van der Waals surface area contributed by atoms with Crippen LogP contribution in [0.1, 0.15) is 84.5 Å². The molecule has 0 spiro atoms. The normalized spacial score (nSPS) is 12.7. The zero-order valence-corrected chi connectivity index (χ0v) is 19.0. The molecule has 0 atom stereocenters. The third-order valence-corrected chi connectivity index (χ3v) is 4.72. The Morgan fingerprint density at radius 1 is 0.893 bits per heavy atom. The Morgan fingerprint density at radius 2 is 1.46 bits per heavy atom. The molecule has 2 nitrogen and oxygen atoms in total. The molecule has 0 fully saturated rings. The summed E-state index contributed by atoms with van der Waals surface area (Å²) in [5.74, 6) is 0.171. The number of rotatable bonds is 10. The van der Waals surface area contributed by atoms with Crippen LogP contribution in [0.25, 0.3) is 0 Å². The van der Waals surface area contributed by atoms with E-state index < -0.39 is 0 Å². The van der Waals surface area contributed by atoms with Crippen molar-refractivity contribution in [2.75, 3.05) is 11.9 Å². The third-order valence-electron chi connectivity index (χ3n) is 4.72. The van der Waals surface area contributed by atoms with Crippen molar-refractivity contribution in [2.24, 2.45) is 5.41 Å². The number of hydrogen-bond acceptors (Lipinski definition) is 2. The minimum absolute atomic E-state index is 0.171. The van der Waals surface area contributed by atoms with E-state index in [-0.39, 0.29) is 11.2 Å². The number of para-hydroxylation sites is 1. The number of carbonyl (C=O) groups is 1. The van der Waals surface area contributed by atoms with Crippen molar-refractivity contribution >= 4 is 11.5 Å². The fourth-order valence-electron chi connectivity index (χ4n) is 2.91. The number of anilines is 1. The Balaban J connectivity index is 2.53. The van der Waals surface area contributed by atoms with Gasteiger partial charge in [-0.1, -0.05) is 67.9 Å². The van der Waals surface area contributed by atoms with Crippen LogP contribution in [0, 0.1) is 5.41 Å². The van der Waals surface area contributed by atoms with E-state index in [9.17, 15) is 4.79 Å². The van der Waals surface area contributed by atoms with Crippen molar-refractivity contribution in [3.8, 4) is 0 Å². The molecule has 0 saturated heterocycles. The summed E-state index contributed by atoms with van der Waals surface area (Å²) in [6.07, 6.45) is 11.3. The quantitative estimate of drug-likeness (QED) is 0.331. The fourth-order valence-corrected chi connectivity index (χ4v) is 2.91. The topological polar surface area (TPSA) is 29.1 Å². The highest BCUT2D eigenvalue weighted by Gasteiger charge is 2.24. The summed E-state index contributed by atoms with van der Waals surface area (Å²) >= 11 is 0. The molecule has 0 amide bonds. The van der Waals surface area contributed by atoms with Crippen molar-refractivity contribution in [1.29, 1.82) is 0 Å². The van der Waals surface area contributed by atoms with Gasteiger partial charge in [0.1, 0.15) is 0 Å². The second-order valence-corrected chi connectivity index (χ2v) is 8.97. The molecule has 0 aliphatic rings. The second-order valence-electron chi connectivity index (χ2n) is 8.97. The Hall–Kier alpha value is -2.09. The molecule has 2 heteroatoms. The molecule has 0 bridgehead atoms. The molecule has 0 aromatic heterocycles. The molecule has 154 valence electrons. The lowest BCUT2D eigenvalue weighted by molar-refractivity contribution is 0.0859. The van der Waals surface area contributed by atoms with Crippen LogP contribution in [0.4, 0.5) is 5.69 Å². The monoisotopic (exact) mass is 381 g/mol. The van der Waals surface area contributed by atoms with Gasteiger partial charge in [-0.15, -0.1) is 0 Å². The molecule has 1 rings (SSSR count). The Kier molecular flexibility index (Phi) is 9.99. The Labute approximate surface area is 172 Å². The van der Waals surface area contributed by atoms with E-state index in [2.05, 4.69) is 51.2 Å². The Morgan fingerprint density at radius 3 is 2.07 bits per heavy atom. The zero-order chi connectivity index (χ0) is 21.2. The molecule has 28 heavy (non-hydrogen) atoms. The second kappa shape index (κ2) is 11.7. The smallest absolute Gasteiger partial charge is 0.170 e. The van der Waals surface area contributed by atoms with Gasteiger partial charge in [0.15, 0.2) is 5.78 Å². The van der Waals surface area contributed by atoms with Crippen LogP contribution in [0.3, 0.4) is 0 Å². The molecular weight excluding hydrogens is 342 g/mol. The van der Waals surface area contributed by atoms with Crippen molar-refractivity contribution in [1.82, 2.24) is 0 Å². The first-order valence-electron chi connectivity index (χ1n) is 10.4. The van der Waals surface area contributed by atoms with Crippen molar-refractivity contribution in [3.05, 3.63) is 64.8 Å². The van der Waals surface area contributed by atoms with Crippen molar-refractivity contribution < 1.29 is 4.79 Å². The number of Topliss-reactive ketones (excluding diaryl/α,β-unsaturated/α-hetero) is 1. The summed E-state index contributed by atoms with van der Waals surface area (Å²) < 4.78 is 0. The maximum absolute atomic E-state index is 12.6. The zero-order valence-electron chi connectivity index (χ0n) is 19.0. The van der Waals surface area contributed by atoms with Crippen LogP contribution in [0.5, 0.6) is 0 Å². The maximum Gasteiger partial charge on any atom is 0.170 e. The van der Waals surface area contributed by atoms with Crippen LogP contribution >= 0.6 is 0 Å². The van der Waals surface area contributed by atoms with Crippen LogP contribution in [-0.4, -0.2) is 12.3 Å². The molecular formula is C26H39NO. The van der Waals surface area contributed by atoms with Crippen molar-refractivity contribution in [2.45, 2.75) is 74.1 Å². The lowest BCUT2D eigenvalue weighted by Crippen LogP contribution is -2.21. The fraction of sp³-hybridized carbons (Fsp3) is 0.500. The number of hydrogen-bond donors (Lipinski definition) is 1. The first kappa shape index (κ1) is 23.9. The maximum atomic E-state index is 12.6. The SMILES string of the molecule is CC(C)=CCC/C(C)=C/CC/C(C)=C/CNc1ccccc1C(=O)C(C)(C)C. The highest BCUT2D eigenvalue weighted by atomic mass is 16.1. The number of benzene rings is 1. The average Bonchev–Trinajstić information content (AvgIpc) is 2.60. The summed E-state index contributed by atoms with van der Waals surface area (Å²) in [4.78, 5) is 12.6. The average molecular weight is 382 g/mol. The van der Waals surface area contributed by atoms with E-state index in [1.165, 1.54) is 16.7 Å². The van der Waals surface area contributed by atoms with E-state index >= 15 is 0 Å². The molecule has 0 saturated carbocycles. The molecule has 1 N–H and O–H groups in total. The van der Waals surface area contributed by atoms with Crippen LogP contribution in [0.2, 0.25) is 0 Å². The predicted octanol–water partition coefficient (Wildman–Crippen LogP) is 7.75. The summed E-state index contributed by atoms with van der Waals surface area (Å²) in [7, 11) is 0. The first-order chi connectivity index (χ1) is 13.1. The highest BCUT2D eigenvalue weighted by molar-refractivity contribution is 6.04. The molecule has 1 aromatic rings. The van der Waals surface area contributed by atoms with Gasteiger partial charge in [0, 0.05) is 23.2 Å². The van der Waals surface area contributed by atoms with E-state index in [4.69, 9.17) is 0 Å². The minimum atomic E-state index is -0.376. The molecule has 0 radical (unpaired) electrons. The van der Waals surface area contributed by atoms with Crippen LogP contribution in [-0.2, 0) is 0 Å². The number of nitrogens with one attached hydrogen (secondary N) is 1. The Bertz CT molecular complexity index is 725. The standard InChI is InChI=1S/C26H39NO/c1-20(2)12-10-13-21(3)14-11-15-22(4)18-19-27-24-17-9-8-16-23(24)25(28)26(5,6)7/h8-9,12,14,16-18,27H,10-11,13,15,19H2,1-7H3/b21-14+,22-18+. The van der Waals surface area contributed by atoms with Gasteiger partial charge in [-0.2, -0.15) is 0 Å². The largest absolute Gasteiger partial charge is 0.381 e. The summed E-state index contributed by atoms with van der Waals surface area (Å²) in [5, 5.41) is 3.42. The third kappa shape index (κ3) is 9.21. The molecule has 0 aliphatic carbocycles. The van der Waals surface area contributed by atoms with Gasteiger partial charge >= 0.3 is 0 Å². The number of carbonyl (C=O) groups excluding carboxylic acids is 1. The first-order valence-corrected chi connectivity index (χ1v) is 10.4. The molecule has 0 unspecified atom stereocenters. The van der Waals surface area contributed by atoms with E-state index in [1.807, 2.05) is 45.0 Å². The molecule has 0 aliphatic heterocycles. The van der Waals surface area contributed by atoms with Gasteiger partial charge in [-0.05, 0) is 65.5 Å². The summed E-state index contributed by atoms with van der Waals surface area (Å²) in [6, 6.07) is 7.80. The van der Waals surface area contributed by atoms with Crippen molar-refractivity contribution in [3.63, 3.8) is 0 Å². The minimum Gasteiger partial charge on any atom is -0.381 e. The van der Waals surface area contributed by atoms with Gasteiger partial charge in [0.05, 0.1) is 0 Å². The van der Waals surface area contributed by atoms with Gasteiger partial charge in [0.2, 0.25) is 0 Å². The van der Waals surface area contributed by atoms with E-state index in [0.717, 1.165) is 43.5 Å². The van der Waals surface area contributed by atoms with E-state index in [1.54, 1.807) is 0 Å². The van der Waals surface area contributed by atoms with Gasteiger partial charge in [-0.25, -0.2) is 0 Å². The molecule has 1 aromatic carbocycles. The summed E-state index contributed by atoms with van der Waals surface area (Å²) in [6.45, 7) is 15.3. The van der Waals surface area contributed by atoms with E-state index in [0.29, 0.717) is 0 Å². The van der Waals surface area contributed by atoms with Crippen LogP contribution < -0.4 is 5.32 Å². The van der Waals surface area contributed by atoms with Crippen LogP contribution in [0.15, 0.2) is 59.2 Å². The predicted molar refractivity (Wildman–Crippen MR) is 124 cm³/mol. The lowest BCUT2D eigenvalue weighted by atomic mass is 9.86. The van der Waals surface area contributed by atoms with Gasteiger partial charge in [0.25, 0.3) is 0 Å².